The normalized spacial score (nSPS) is 14.3. The van der Waals surface area contributed by atoms with Crippen molar-refractivity contribution in [2.75, 3.05) is 17.8 Å². The van der Waals surface area contributed by atoms with Crippen LogP contribution in [0.3, 0.4) is 0 Å². The average Bonchev–Trinajstić information content (AvgIpc) is 2.53. The lowest BCUT2D eigenvalue weighted by Crippen LogP contribution is -2.55. The predicted octanol–water partition coefficient (Wildman–Crippen LogP) is -1.68. The van der Waals surface area contributed by atoms with Crippen LogP contribution in [0.4, 0.5) is 0 Å². The molecule has 0 aromatic carbocycles. The molecule has 7 N–H and O–H groups in total. The first kappa shape index (κ1) is 22.5. The number of amides is 3. The van der Waals surface area contributed by atoms with Gasteiger partial charge >= 0.3 is 5.97 Å². The maximum Gasteiger partial charge on any atom is 0.326 e. The molecule has 0 saturated carbocycles. The van der Waals surface area contributed by atoms with Crippen LogP contribution in [0.1, 0.15) is 19.3 Å². The molecule has 3 atom stereocenters. The summed E-state index contributed by atoms with van der Waals surface area (Å²) in [4.78, 5) is 46.2. The number of nitrogens with two attached hydrogens (primary N) is 2. The van der Waals surface area contributed by atoms with Crippen LogP contribution in [-0.2, 0) is 19.2 Å². The zero-order chi connectivity index (χ0) is 18.7. The molecule has 0 saturated heterocycles. The fourth-order valence-corrected chi connectivity index (χ4v) is 2.32. The summed E-state index contributed by atoms with van der Waals surface area (Å²) in [7, 11) is 0. The third kappa shape index (κ3) is 8.99. The lowest BCUT2D eigenvalue weighted by Gasteiger charge is -2.22. The van der Waals surface area contributed by atoms with Crippen molar-refractivity contribution in [3.63, 3.8) is 0 Å². The van der Waals surface area contributed by atoms with E-state index in [-0.39, 0.29) is 25.0 Å². The van der Waals surface area contributed by atoms with Crippen LogP contribution in [0.15, 0.2) is 0 Å². The van der Waals surface area contributed by atoms with Crippen LogP contribution >= 0.6 is 24.4 Å². The Labute approximate surface area is 150 Å². The maximum absolute atomic E-state index is 12.3. The number of rotatable bonds is 12. The zero-order valence-electron chi connectivity index (χ0n) is 13.4. The van der Waals surface area contributed by atoms with Gasteiger partial charge in [-0.2, -0.15) is 24.4 Å². The lowest BCUT2D eigenvalue weighted by molar-refractivity contribution is -0.142. The molecule has 138 valence electrons. The quantitative estimate of drug-likeness (QED) is 0.220. The lowest BCUT2D eigenvalue weighted by atomic mass is 10.1. The largest absolute Gasteiger partial charge is 0.480 e. The van der Waals surface area contributed by atoms with Crippen LogP contribution in [-0.4, -0.2) is 64.7 Å². The molecule has 0 fully saturated rings. The number of hydrogen-bond acceptors (Lipinski definition) is 7. The zero-order valence-corrected chi connectivity index (χ0v) is 15.1. The third-order valence-corrected chi connectivity index (χ3v) is 4.11. The van der Waals surface area contributed by atoms with Crippen molar-refractivity contribution in [1.29, 1.82) is 0 Å². The van der Waals surface area contributed by atoms with E-state index in [4.69, 9.17) is 16.6 Å². The number of primary amides is 1. The summed E-state index contributed by atoms with van der Waals surface area (Å²) in [6.07, 6.45) is 1.85. The van der Waals surface area contributed by atoms with Crippen LogP contribution < -0.4 is 22.1 Å². The molecule has 0 spiro atoms. The van der Waals surface area contributed by atoms with Gasteiger partial charge in [0.1, 0.15) is 12.1 Å². The Balaban J connectivity index is 4.95. The minimum Gasteiger partial charge on any atom is -0.480 e. The topological polar surface area (TPSA) is 165 Å². The Morgan fingerprint density at radius 2 is 1.71 bits per heavy atom. The summed E-state index contributed by atoms with van der Waals surface area (Å²) in [5.74, 6) is -2.53. The SMILES string of the molecule is CSCC[C@H](NC(=O)[C@H](CCC(N)=O)NC(=O)[C@@H](N)CS)C(=O)O. The Kier molecular flexibility index (Phi) is 11.3. The van der Waals surface area contributed by atoms with Gasteiger partial charge in [0.25, 0.3) is 0 Å². The van der Waals surface area contributed by atoms with Crippen molar-refractivity contribution < 1.29 is 24.3 Å². The molecule has 11 heteroatoms. The Bertz CT molecular complexity index is 464. The Morgan fingerprint density at radius 1 is 1.12 bits per heavy atom. The van der Waals surface area contributed by atoms with E-state index in [1.807, 2.05) is 6.26 Å². The Hall–Kier alpha value is -1.46. The fourth-order valence-electron chi connectivity index (χ4n) is 1.68. The molecule has 3 amide bonds. The molecule has 24 heavy (non-hydrogen) atoms. The number of aliphatic carboxylic acids is 1. The number of nitrogens with one attached hydrogen (secondary N) is 2. The van der Waals surface area contributed by atoms with Crippen molar-refractivity contribution in [3.05, 3.63) is 0 Å². The maximum atomic E-state index is 12.3. The first-order chi connectivity index (χ1) is 11.2. The van der Waals surface area contributed by atoms with Gasteiger partial charge in [0.05, 0.1) is 6.04 Å². The monoisotopic (exact) mass is 380 g/mol. The van der Waals surface area contributed by atoms with Gasteiger partial charge in [0, 0.05) is 12.2 Å². The van der Waals surface area contributed by atoms with E-state index in [1.54, 1.807) is 0 Å². The number of hydrogen-bond donors (Lipinski definition) is 6. The first-order valence-corrected chi connectivity index (χ1v) is 9.22. The highest BCUT2D eigenvalue weighted by molar-refractivity contribution is 7.98. The molecule has 0 aliphatic rings. The Morgan fingerprint density at radius 3 is 2.17 bits per heavy atom. The van der Waals surface area contributed by atoms with Gasteiger partial charge in [-0.15, -0.1) is 0 Å². The van der Waals surface area contributed by atoms with Crippen molar-refractivity contribution in [2.24, 2.45) is 11.5 Å². The molecular weight excluding hydrogens is 356 g/mol. The molecule has 0 heterocycles. The van der Waals surface area contributed by atoms with Gasteiger partial charge in [-0.1, -0.05) is 0 Å². The summed E-state index contributed by atoms with van der Waals surface area (Å²) in [6, 6.07) is -3.12. The molecule has 0 radical (unpaired) electrons. The summed E-state index contributed by atoms with van der Waals surface area (Å²) < 4.78 is 0. The minimum atomic E-state index is -1.18. The highest BCUT2D eigenvalue weighted by Crippen LogP contribution is 2.04. The molecule has 0 aliphatic carbocycles. The molecule has 9 nitrogen and oxygen atoms in total. The molecule has 0 unspecified atom stereocenters. The van der Waals surface area contributed by atoms with Crippen molar-refractivity contribution in [3.8, 4) is 0 Å². The van der Waals surface area contributed by atoms with Crippen molar-refractivity contribution >= 4 is 48.1 Å². The second-order valence-corrected chi connectivity index (χ2v) is 6.39. The minimum absolute atomic E-state index is 0.0545. The number of carbonyl (C=O) groups is 4. The summed E-state index contributed by atoms with van der Waals surface area (Å²) in [5, 5.41) is 13.9. The van der Waals surface area contributed by atoms with E-state index in [0.29, 0.717) is 5.75 Å². The van der Waals surface area contributed by atoms with Gasteiger partial charge < -0.3 is 27.2 Å². The average molecular weight is 380 g/mol. The highest BCUT2D eigenvalue weighted by atomic mass is 32.2. The van der Waals surface area contributed by atoms with Crippen molar-refractivity contribution in [2.45, 2.75) is 37.4 Å². The van der Waals surface area contributed by atoms with Crippen LogP contribution in [0.5, 0.6) is 0 Å². The van der Waals surface area contributed by atoms with E-state index in [9.17, 15) is 19.2 Å². The molecule has 0 bridgehead atoms. The smallest absolute Gasteiger partial charge is 0.326 e. The summed E-state index contributed by atoms with van der Waals surface area (Å²) in [6.45, 7) is 0. The third-order valence-electron chi connectivity index (χ3n) is 3.07. The number of carbonyl (C=O) groups excluding carboxylic acids is 3. The number of thioether (sulfide) groups is 1. The number of carboxylic acids is 1. The molecule has 0 aromatic heterocycles. The first-order valence-electron chi connectivity index (χ1n) is 7.20. The second kappa shape index (κ2) is 12.0. The highest BCUT2D eigenvalue weighted by Gasteiger charge is 2.27. The number of thiol groups is 1. The van der Waals surface area contributed by atoms with E-state index in [2.05, 4.69) is 23.3 Å². The standard InChI is InChI=1S/C13H24N4O5S2/c1-24-5-4-9(13(21)22)17-12(20)8(2-3-10(15)18)16-11(19)7(14)6-23/h7-9,23H,2-6,14H2,1H3,(H2,15,18)(H,16,19)(H,17,20)(H,21,22)/t7-,8-,9-/m0/s1. The predicted molar refractivity (Wildman–Crippen MR) is 94.8 cm³/mol. The van der Waals surface area contributed by atoms with E-state index < -0.39 is 41.8 Å². The van der Waals surface area contributed by atoms with Gasteiger partial charge in [-0.25, -0.2) is 4.79 Å². The summed E-state index contributed by atoms with van der Waals surface area (Å²) >= 11 is 5.34. The van der Waals surface area contributed by atoms with Gasteiger partial charge in [-0.3, -0.25) is 14.4 Å². The van der Waals surface area contributed by atoms with E-state index >= 15 is 0 Å². The van der Waals surface area contributed by atoms with E-state index in [0.717, 1.165) is 0 Å². The van der Waals surface area contributed by atoms with Gasteiger partial charge in [0.15, 0.2) is 0 Å². The van der Waals surface area contributed by atoms with E-state index in [1.165, 1.54) is 11.8 Å². The van der Waals surface area contributed by atoms with Crippen molar-refractivity contribution in [1.82, 2.24) is 10.6 Å². The van der Waals surface area contributed by atoms with Crippen LogP contribution in [0.25, 0.3) is 0 Å². The van der Waals surface area contributed by atoms with Gasteiger partial charge in [-0.05, 0) is 24.9 Å². The van der Waals surface area contributed by atoms with Gasteiger partial charge in [0.2, 0.25) is 17.7 Å². The molecular formula is C13H24N4O5S2. The second-order valence-electron chi connectivity index (χ2n) is 5.04. The molecule has 0 rings (SSSR count). The molecule has 0 aromatic rings. The molecule has 0 aliphatic heterocycles. The fraction of sp³-hybridized carbons (Fsp3) is 0.692. The van der Waals surface area contributed by atoms with Crippen LogP contribution in [0, 0.1) is 0 Å². The number of carboxylic acid groups (broad SMARTS) is 1. The summed E-state index contributed by atoms with van der Waals surface area (Å²) in [5.41, 5.74) is 10.6. The van der Waals surface area contributed by atoms with Crippen LogP contribution in [0.2, 0.25) is 0 Å².